The summed E-state index contributed by atoms with van der Waals surface area (Å²) in [7, 11) is 1.87. The molecule has 0 aliphatic heterocycles. The normalized spacial score (nSPS) is 15.9. The third-order valence-electron chi connectivity index (χ3n) is 3.91. The molecule has 1 saturated carbocycles. The second-order valence-electron chi connectivity index (χ2n) is 5.41. The fourth-order valence-corrected chi connectivity index (χ4v) is 3.27. The maximum absolute atomic E-state index is 12.2. The third-order valence-corrected chi connectivity index (χ3v) is 4.60. The molecule has 2 aromatic heterocycles. The Morgan fingerprint density at radius 1 is 1.35 bits per heavy atom. The van der Waals surface area contributed by atoms with Gasteiger partial charge in [-0.2, -0.15) is 5.10 Å². The third kappa shape index (κ3) is 2.32. The molecule has 1 aliphatic rings. The van der Waals surface area contributed by atoms with Crippen LogP contribution in [0.25, 0.3) is 11.4 Å². The molecule has 1 aliphatic carbocycles. The Bertz CT molecular complexity index is 698. The zero-order chi connectivity index (χ0) is 14.3. The first-order valence-electron chi connectivity index (χ1n) is 6.87. The molecule has 20 heavy (non-hydrogen) atoms. The maximum atomic E-state index is 12.2. The average molecular weight is 337 g/mol. The van der Waals surface area contributed by atoms with Crippen LogP contribution in [0.5, 0.6) is 0 Å². The summed E-state index contributed by atoms with van der Waals surface area (Å²) in [6.45, 7) is 1.93. The number of rotatable bonds is 2. The van der Waals surface area contributed by atoms with Gasteiger partial charge < -0.3 is 0 Å². The molecule has 0 amide bonds. The lowest BCUT2D eigenvalue weighted by atomic mass is 10.0. The first-order chi connectivity index (χ1) is 9.56. The van der Waals surface area contributed by atoms with Crippen LogP contribution in [0.3, 0.4) is 0 Å². The number of halogens is 1. The fraction of sp³-hybridized carbons (Fsp3) is 0.500. The van der Waals surface area contributed by atoms with Crippen LogP contribution >= 0.6 is 16.1 Å². The Morgan fingerprint density at radius 3 is 2.65 bits per heavy atom. The minimum Gasteiger partial charge on any atom is -0.275 e. The largest absolute Gasteiger partial charge is 0.275 e. The lowest BCUT2D eigenvalue weighted by Crippen LogP contribution is -2.18. The predicted molar refractivity (Wildman–Crippen MR) is 81.0 cm³/mol. The monoisotopic (exact) mass is 336 g/mol. The summed E-state index contributed by atoms with van der Waals surface area (Å²) in [6.07, 6.45) is 6.61. The van der Waals surface area contributed by atoms with Gasteiger partial charge in [-0.15, -0.1) is 0 Å². The highest BCUT2D eigenvalue weighted by Gasteiger charge is 2.22. The number of aromatic nitrogens is 4. The molecule has 0 aromatic carbocycles. The lowest BCUT2D eigenvalue weighted by molar-refractivity contribution is 0.692. The van der Waals surface area contributed by atoms with Crippen molar-refractivity contribution in [3.05, 3.63) is 34.0 Å². The number of hydrogen-bond donors (Lipinski definition) is 0. The summed E-state index contributed by atoms with van der Waals surface area (Å²) in [5.41, 5.74) is 2.61. The number of aryl methyl sites for hydroxylation is 2. The van der Waals surface area contributed by atoms with E-state index in [1.54, 1.807) is 10.7 Å². The van der Waals surface area contributed by atoms with Crippen LogP contribution in [0.4, 0.5) is 0 Å². The van der Waals surface area contributed by atoms with Crippen molar-refractivity contribution in [2.75, 3.05) is 0 Å². The SMILES string of the molecule is Cc1nn(C)cc1-c1nc(C2CCCC2)cc(=O)n1Br. The van der Waals surface area contributed by atoms with Crippen molar-refractivity contribution < 1.29 is 0 Å². The van der Waals surface area contributed by atoms with Gasteiger partial charge in [0, 0.05) is 25.2 Å². The van der Waals surface area contributed by atoms with Crippen LogP contribution in [0, 0.1) is 6.92 Å². The summed E-state index contributed by atoms with van der Waals surface area (Å²) >= 11 is 3.31. The van der Waals surface area contributed by atoms with Crippen molar-refractivity contribution in [3.63, 3.8) is 0 Å². The van der Waals surface area contributed by atoms with Crippen LogP contribution in [-0.2, 0) is 7.05 Å². The Kier molecular flexibility index (Phi) is 3.50. The van der Waals surface area contributed by atoms with Crippen LogP contribution < -0.4 is 5.56 Å². The van der Waals surface area contributed by atoms with Gasteiger partial charge in [0.15, 0.2) is 5.82 Å². The fourth-order valence-electron chi connectivity index (χ4n) is 2.90. The van der Waals surface area contributed by atoms with Gasteiger partial charge in [-0.25, -0.2) is 8.58 Å². The van der Waals surface area contributed by atoms with Crippen LogP contribution in [-0.4, -0.2) is 18.4 Å². The van der Waals surface area contributed by atoms with Crippen molar-refractivity contribution in [1.82, 2.24) is 18.4 Å². The van der Waals surface area contributed by atoms with Crippen molar-refractivity contribution in [3.8, 4) is 11.4 Å². The Hall–Kier alpha value is -1.43. The smallest absolute Gasteiger partial charge is 0.264 e. The standard InChI is InChI=1S/C14H17BrN4O/c1-9-11(8-18(2)17-9)14-16-12(7-13(20)19(14)15)10-5-3-4-6-10/h7-8,10H,3-6H2,1-2H3. The van der Waals surface area contributed by atoms with Crippen molar-refractivity contribution in [2.45, 2.75) is 38.5 Å². The molecule has 2 aromatic rings. The van der Waals surface area contributed by atoms with E-state index in [1.165, 1.54) is 16.4 Å². The highest BCUT2D eigenvalue weighted by Crippen LogP contribution is 2.33. The summed E-state index contributed by atoms with van der Waals surface area (Å²) in [5.74, 6) is 1.07. The van der Waals surface area contributed by atoms with Gasteiger partial charge in [0.1, 0.15) is 0 Å². The van der Waals surface area contributed by atoms with Gasteiger partial charge in [0.05, 0.1) is 33.1 Å². The molecule has 0 bridgehead atoms. The van der Waals surface area contributed by atoms with Crippen LogP contribution in [0.2, 0.25) is 0 Å². The number of hydrogen-bond acceptors (Lipinski definition) is 3. The summed E-state index contributed by atoms with van der Waals surface area (Å²) < 4.78 is 3.17. The second kappa shape index (κ2) is 5.16. The minimum atomic E-state index is -0.0693. The molecule has 106 valence electrons. The Morgan fingerprint density at radius 2 is 2.05 bits per heavy atom. The molecular weight excluding hydrogens is 320 g/mol. The van der Waals surface area contributed by atoms with Gasteiger partial charge in [0.25, 0.3) is 5.56 Å². The Labute approximate surface area is 126 Å². The van der Waals surface area contributed by atoms with E-state index in [1.807, 2.05) is 20.2 Å². The summed E-state index contributed by atoms with van der Waals surface area (Å²) in [6, 6.07) is 1.65. The molecular formula is C14H17BrN4O. The van der Waals surface area contributed by atoms with E-state index in [2.05, 4.69) is 21.2 Å². The van der Waals surface area contributed by atoms with E-state index in [0.717, 1.165) is 29.8 Å². The first kappa shape index (κ1) is 13.5. The lowest BCUT2D eigenvalue weighted by Gasteiger charge is -2.11. The molecule has 0 unspecified atom stereocenters. The van der Waals surface area contributed by atoms with Crippen molar-refractivity contribution >= 4 is 16.1 Å². The molecule has 0 N–H and O–H groups in total. The van der Waals surface area contributed by atoms with Crippen molar-refractivity contribution in [1.29, 1.82) is 0 Å². The summed E-state index contributed by atoms with van der Waals surface area (Å²) in [5, 5.41) is 4.33. The maximum Gasteiger partial charge on any atom is 0.264 e. The molecule has 0 atom stereocenters. The molecule has 0 saturated heterocycles. The van der Waals surface area contributed by atoms with Gasteiger partial charge in [-0.1, -0.05) is 12.8 Å². The first-order valence-corrected chi connectivity index (χ1v) is 7.58. The Balaban J connectivity index is 2.14. The van der Waals surface area contributed by atoms with Crippen LogP contribution in [0.1, 0.15) is 43.0 Å². The molecule has 5 nitrogen and oxygen atoms in total. The van der Waals surface area contributed by atoms with Gasteiger partial charge in [-0.05, 0) is 19.8 Å². The molecule has 3 rings (SSSR count). The minimum absolute atomic E-state index is 0.0693. The molecule has 2 heterocycles. The van der Waals surface area contributed by atoms with E-state index < -0.39 is 0 Å². The zero-order valence-electron chi connectivity index (χ0n) is 11.6. The molecule has 1 fully saturated rings. The van der Waals surface area contributed by atoms with E-state index in [4.69, 9.17) is 4.98 Å². The van der Waals surface area contributed by atoms with Crippen molar-refractivity contribution in [2.24, 2.45) is 7.05 Å². The van der Waals surface area contributed by atoms with E-state index in [0.29, 0.717) is 11.7 Å². The highest BCUT2D eigenvalue weighted by molar-refractivity contribution is 9.08. The van der Waals surface area contributed by atoms with Gasteiger partial charge in [-0.3, -0.25) is 9.48 Å². The van der Waals surface area contributed by atoms with Gasteiger partial charge in [0.2, 0.25) is 0 Å². The number of nitrogens with zero attached hydrogens (tertiary/aromatic N) is 4. The molecule has 0 spiro atoms. The zero-order valence-corrected chi connectivity index (χ0v) is 13.2. The quantitative estimate of drug-likeness (QED) is 0.847. The van der Waals surface area contributed by atoms with Crippen LogP contribution in [0.15, 0.2) is 17.1 Å². The van der Waals surface area contributed by atoms with E-state index in [9.17, 15) is 4.79 Å². The summed E-state index contributed by atoms with van der Waals surface area (Å²) in [4.78, 5) is 16.9. The van der Waals surface area contributed by atoms with E-state index in [-0.39, 0.29) is 5.56 Å². The van der Waals surface area contributed by atoms with Gasteiger partial charge >= 0.3 is 0 Å². The molecule has 6 heteroatoms. The highest BCUT2D eigenvalue weighted by atomic mass is 79.9. The topological polar surface area (TPSA) is 52.7 Å². The predicted octanol–water partition coefficient (Wildman–Crippen LogP) is 2.77. The molecule has 0 radical (unpaired) electrons. The van der Waals surface area contributed by atoms with E-state index >= 15 is 0 Å². The second-order valence-corrected chi connectivity index (χ2v) is 6.12. The average Bonchev–Trinajstić information content (AvgIpc) is 3.02.